The number of hydrogen-bond donors (Lipinski definition) is 1. The van der Waals surface area contributed by atoms with E-state index in [9.17, 15) is 4.39 Å². The predicted octanol–water partition coefficient (Wildman–Crippen LogP) is 3.06. The van der Waals surface area contributed by atoms with E-state index in [0.29, 0.717) is 5.92 Å². The van der Waals surface area contributed by atoms with Gasteiger partial charge in [0.2, 0.25) is 0 Å². The van der Waals surface area contributed by atoms with Crippen LogP contribution in [0.4, 0.5) is 4.39 Å². The second-order valence-corrected chi connectivity index (χ2v) is 4.56. The SMILES string of the molecule is Fc1ccc([C@H]2CCCNC2)c(Br)c1. The molecule has 1 aliphatic heterocycles. The zero-order valence-electron chi connectivity index (χ0n) is 7.89. The van der Waals surface area contributed by atoms with Crippen molar-refractivity contribution in [3.8, 4) is 0 Å². The molecule has 1 nitrogen and oxygen atoms in total. The summed E-state index contributed by atoms with van der Waals surface area (Å²) >= 11 is 3.41. The lowest BCUT2D eigenvalue weighted by atomic mass is 9.92. The van der Waals surface area contributed by atoms with Gasteiger partial charge in [0.15, 0.2) is 0 Å². The Morgan fingerprint density at radius 2 is 2.29 bits per heavy atom. The lowest BCUT2D eigenvalue weighted by Crippen LogP contribution is -2.28. The van der Waals surface area contributed by atoms with Crippen LogP contribution in [0.5, 0.6) is 0 Å². The van der Waals surface area contributed by atoms with E-state index in [1.165, 1.54) is 24.5 Å². The Morgan fingerprint density at radius 3 is 2.93 bits per heavy atom. The second kappa shape index (κ2) is 4.41. The number of nitrogens with one attached hydrogen (secondary N) is 1. The Labute approximate surface area is 91.8 Å². The van der Waals surface area contributed by atoms with Gasteiger partial charge < -0.3 is 5.32 Å². The Hall–Kier alpha value is -0.410. The summed E-state index contributed by atoms with van der Waals surface area (Å²) < 4.78 is 13.8. The molecule has 0 unspecified atom stereocenters. The highest BCUT2D eigenvalue weighted by Crippen LogP contribution is 2.29. The van der Waals surface area contributed by atoms with Crippen LogP contribution in [0.25, 0.3) is 0 Å². The minimum Gasteiger partial charge on any atom is -0.316 e. The van der Waals surface area contributed by atoms with Crippen molar-refractivity contribution < 1.29 is 4.39 Å². The highest BCUT2D eigenvalue weighted by Gasteiger charge is 2.17. The van der Waals surface area contributed by atoms with Gasteiger partial charge in [-0.05, 0) is 43.0 Å². The van der Waals surface area contributed by atoms with Crippen LogP contribution < -0.4 is 5.32 Å². The molecule has 0 aliphatic carbocycles. The predicted molar refractivity (Wildman–Crippen MR) is 58.9 cm³/mol. The summed E-state index contributed by atoms with van der Waals surface area (Å²) in [6, 6.07) is 4.97. The van der Waals surface area contributed by atoms with Gasteiger partial charge in [-0.1, -0.05) is 22.0 Å². The van der Waals surface area contributed by atoms with Gasteiger partial charge in [-0.15, -0.1) is 0 Å². The van der Waals surface area contributed by atoms with Crippen LogP contribution in [0.1, 0.15) is 24.3 Å². The summed E-state index contributed by atoms with van der Waals surface area (Å²) in [7, 11) is 0. The molecule has 1 aromatic carbocycles. The molecule has 0 amide bonds. The fraction of sp³-hybridized carbons (Fsp3) is 0.455. The van der Waals surface area contributed by atoms with Gasteiger partial charge in [-0.2, -0.15) is 0 Å². The maximum atomic E-state index is 12.9. The minimum atomic E-state index is -0.176. The van der Waals surface area contributed by atoms with Gasteiger partial charge in [-0.25, -0.2) is 4.39 Å². The van der Waals surface area contributed by atoms with Gasteiger partial charge in [0.05, 0.1) is 0 Å². The number of hydrogen-bond acceptors (Lipinski definition) is 1. The maximum absolute atomic E-state index is 12.9. The molecule has 2 rings (SSSR count). The molecule has 0 bridgehead atoms. The molecule has 0 saturated carbocycles. The average molecular weight is 258 g/mol. The van der Waals surface area contributed by atoms with E-state index in [0.717, 1.165) is 17.6 Å². The smallest absolute Gasteiger partial charge is 0.124 e. The summed E-state index contributed by atoms with van der Waals surface area (Å²) in [5.41, 5.74) is 1.22. The lowest BCUT2D eigenvalue weighted by molar-refractivity contribution is 0.460. The summed E-state index contributed by atoms with van der Waals surface area (Å²) in [5.74, 6) is 0.350. The first kappa shape index (κ1) is 10.1. The van der Waals surface area contributed by atoms with Crippen molar-refractivity contribution in [2.45, 2.75) is 18.8 Å². The van der Waals surface area contributed by atoms with Crippen LogP contribution in [0.3, 0.4) is 0 Å². The van der Waals surface area contributed by atoms with Crippen molar-refractivity contribution in [3.63, 3.8) is 0 Å². The molecule has 1 N–H and O–H groups in total. The molecule has 3 heteroatoms. The molecule has 1 heterocycles. The molecular weight excluding hydrogens is 245 g/mol. The first-order valence-corrected chi connectivity index (χ1v) is 5.72. The van der Waals surface area contributed by atoms with Crippen LogP contribution in [-0.4, -0.2) is 13.1 Å². The van der Waals surface area contributed by atoms with Crippen LogP contribution >= 0.6 is 15.9 Å². The Bertz CT molecular complexity index is 321. The fourth-order valence-corrected chi connectivity index (χ4v) is 2.62. The molecule has 76 valence electrons. The average Bonchev–Trinajstić information content (AvgIpc) is 2.19. The zero-order valence-corrected chi connectivity index (χ0v) is 9.48. The lowest BCUT2D eigenvalue weighted by Gasteiger charge is -2.24. The second-order valence-electron chi connectivity index (χ2n) is 3.71. The van der Waals surface area contributed by atoms with Gasteiger partial charge >= 0.3 is 0 Å². The van der Waals surface area contributed by atoms with Gasteiger partial charge in [-0.3, -0.25) is 0 Å². The van der Waals surface area contributed by atoms with E-state index in [4.69, 9.17) is 0 Å². The van der Waals surface area contributed by atoms with Crippen LogP contribution in [0.15, 0.2) is 22.7 Å². The molecule has 0 spiro atoms. The van der Waals surface area contributed by atoms with E-state index in [1.807, 2.05) is 6.07 Å². The third kappa shape index (κ3) is 2.15. The van der Waals surface area contributed by atoms with E-state index in [1.54, 1.807) is 6.07 Å². The molecule has 0 aromatic heterocycles. The van der Waals surface area contributed by atoms with E-state index in [-0.39, 0.29) is 5.82 Å². The van der Waals surface area contributed by atoms with Crippen molar-refractivity contribution in [2.75, 3.05) is 13.1 Å². The van der Waals surface area contributed by atoms with Crippen molar-refractivity contribution in [1.29, 1.82) is 0 Å². The number of benzene rings is 1. The number of rotatable bonds is 1. The molecule has 0 radical (unpaired) electrons. The van der Waals surface area contributed by atoms with E-state index >= 15 is 0 Å². The highest BCUT2D eigenvalue weighted by atomic mass is 79.9. The van der Waals surface area contributed by atoms with Crippen molar-refractivity contribution >= 4 is 15.9 Å². The van der Waals surface area contributed by atoms with Crippen LogP contribution in [-0.2, 0) is 0 Å². The maximum Gasteiger partial charge on any atom is 0.124 e. The summed E-state index contributed by atoms with van der Waals surface area (Å²) in [6.07, 6.45) is 2.39. The summed E-state index contributed by atoms with van der Waals surface area (Å²) in [6.45, 7) is 2.11. The fourth-order valence-electron chi connectivity index (χ4n) is 1.95. The Kier molecular flexibility index (Phi) is 3.19. The topological polar surface area (TPSA) is 12.0 Å². The van der Waals surface area contributed by atoms with Crippen LogP contribution in [0.2, 0.25) is 0 Å². The molecule has 1 atom stereocenters. The minimum absolute atomic E-state index is 0.176. The van der Waals surface area contributed by atoms with Gasteiger partial charge in [0.1, 0.15) is 5.82 Å². The van der Waals surface area contributed by atoms with Crippen molar-refractivity contribution in [1.82, 2.24) is 5.32 Å². The van der Waals surface area contributed by atoms with Crippen molar-refractivity contribution in [3.05, 3.63) is 34.1 Å². The molecule has 1 aromatic rings. The molecule has 1 fully saturated rings. The van der Waals surface area contributed by atoms with Crippen molar-refractivity contribution in [2.24, 2.45) is 0 Å². The quantitative estimate of drug-likeness (QED) is 0.816. The number of piperidine rings is 1. The summed E-state index contributed by atoms with van der Waals surface area (Å²) in [4.78, 5) is 0. The normalized spacial score (nSPS) is 22.3. The number of halogens is 2. The third-order valence-corrected chi connectivity index (χ3v) is 3.39. The standard InChI is InChI=1S/C11H13BrFN/c12-11-6-9(13)3-4-10(11)8-2-1-5-14-7-8/h3-4,6,8,14H,1-2,5,7H2/t8-/m0/s1. The monoisotopic (exact) mass is 257 g/mol. The first-order chi connectivity index (χ1) is 6.77. The van der Waals surface area contributed by atoms with Gasteiger partial charge in [0.25, 0.3) is 0 Å². The largest absolute Gasteiger partial charge is 0.316 e. The Morgan fingerprint density at radius 1 is 1.43 bits per heavy atom. The van der Waals surface area contributed by atoms with E-state index in [2.05, 4.69) is 21.2 Å². The Balaban J connectivity index is 2.22. The van der Waals surface area contributed by atoms with Crippen LogP contribution in [0, 0.1) is 5.82 Å². The molecule has 14 heavy (non-hydrogen) atoms. The third-order valence-electron chi connectivity index (χ3n) is 2.70. The highest BCUT2D eigenvalue weighted by molar-refractivity contribution is 9.10. The molecule has 1 saturated heterocycles. The molecular formula is C11H13BrFN. The molecule has 1 aliphatic rings. The first-order valence-electron chi connectivity index (χ1n) is 4.93. The summed E-state index contributed by atoms with van der Waals surface area (Å²) in [5, 5.41) is 3.36. The van der Waals surface area contributed by atoms with Gasteiger partial charge in [0, 0.05) is 11.0 Å². The van der Waals surface area contributed by atoms with E-state index < -0.39 is 0 Å². The zero-order chi connectivity index (χ0) is 9.97.